The Balaban J connectivity index is 1.17. The number of halogens is 1. The van der Waals surface area contributed by atoms with Gasteiger partial charge in [0.25, 0.3) is 0 Å². The van der Waals surface area contributed by atoms with E-state index < -0.39 is 30.1 Å². The maximum absolute atomic E-state index is 14.8. The van der Waals surface area contributed by atoms with Crippen LogP contribution in [0, 0.1) is 0 Å². The van der Waals surface area contributed by atoms with Gasteiger partial charge in [0.2, 0.25) is 5.91 Å². The van der Waals surface area contributed by atoms with Gasteiger partial charge in [0.05, 0.1) is 6.42 Å². The molecule has 1 N–H and O–H groups in total. The van der Waals surface area contributed by atoms with Crippen molar-refractivity contribution in [1.82, 2.24) is 10.2 Å². The van der Waals surface area contributed by atoms with Crippen LogP contribution in [0.3, 0.4) is 0 Å². The van der Waals surface area contributed by atoms with Crippen molar-refractivity contribution in [3.63, 3.8) is 0 Å². The van der Waals surface area contributed by atoms with Crippen LogP contribution in [0.25, 0.3) is 11.1 Å². The zero-order chi connectivity index (χ0) is 45.4. The van der Waals surface area contributed by atoms with E-state index >= 15 is 0 Å². The summed E-state index contributed by atoms with van der Waals surface area (Å²) in [5.74, 6) is -0.768. The molecule has 2 atom stereocenters. The zero-order valence-electron chi connectivity index (χ0n) is 38.5. The molecule has 0 bridgehead atoms. The maximum Gasteiger partial charge on any atom is 0.407 e. The van der Waals surface area contributed by atoms with E-state index in [9.17, 15) is 14.4 Å². The third kappa shape index (κ3) is 11.9. The lowest BCUT2D eigenvalue weighted by atomic mass is 9.78. The average Bonchev–Trinajstić information content (AvgIpc) is 3.66. The molecule has 2 amide bonds. The van der Waals surface area contributed by atoms with Gasteiger partial charge in [-0.1, -0.05) is 217 Å². The van der Waals surface area contributed by atoms with Crippen molar-refractivity contribution in [3.05, 3.63) is 166 Å². The fourth-order valence-corrected chi connectivity index (χ4v) is 10.3. The number of ether oxygens (including phenoxy) is 2. The Morgan fingerprint density at radius 3 is 1.88 bits per heavy atom. The molecule has 7 rings (SSSR count). The van der Waals surface area contributed by atoms with E-state index in [1.807, 2.05) is 72.8 Å². The first-order chi connectivity index (χ1) is 31.8. The Labute approximate surface area is 392 Å². The molecule has 1 unspecified atom stereocenters. The van der Waals surface area contributed by atoms with Crippen LogP contribution in [0.1, 0.15) is 155 Å². The number of nitrogens with one attached hydrogen (secondary N) is 1. The minimum absolute atomic E-state index is 0.0687. The predicted molar refractivity (Wildman–Crippen MR) is 262 cm³/mol. The molecule has 0 aliphatic heterocycles. The van der Waals surface area contributed by atoms with E-state index in [2.05, 4.69) is 60.8 Å². The molecule has 2 aliphatic rings. The van der Waals surface area contributed by atoms with Gasteiger partial charge < -0.3 is 19.7 Å². The minimum atomic E-state index is -1.48. The summed E-state index contributed by atoms with van der Waals surface area (Å²) in [6, 6.07) is 40.7. The van der Waals surface area contributed by atoms with Crippen molar-refractivity contribution in [2.45, 2.75) is 133 Å². The number of carbonyl (C=O) groups is 3. The molecule has 0 spiro atoms. The van der Waals surface area contributed by atoms with Crippen molar-refractivity contribution >= 4 is 29.6 Å². The number of rotatable bonds is 18. The van der Waals surface area contributed by atoms with Crippen LogP contribution < -0.4 is 5.32 Å². The van der Waals surface area contributed by atoms with Gasteiger partial charge in [0, 0.05) is 41.2 Å². The van der Waals surface area contributed by atoms with Crippen LogP contribution >= 0.6 is 11.6 Å². The van der Waals surface area contributed by atoms with Crippen LogP contribution in [-0.2, 0) is 24.7 Å². The van der Waals surface area contributed by atoms with Crippen LogP contribution in [0.15, 0.2) is 127 Å². The number of esters is 1. The van der Waals surface area contributed by atoms with Gasteiger partial charge in [0.1, 0.15) is 12.6 Å². The molecule has 0 heterocycles. The molecule has 7 nitrogen and oxygen atoms in total. The lowest BCUT2D eigenvalue weighted by Gasteiger charge is -2.36. The van der Waals surface area contributed by atoms with Crippen molar-refractivity contribution in [1.29, 1.82) is 0 Å². The molecule has 0 aromatic heterocycles. The number of unbranched alkanes of at least 4 members (excludes halogenated alkanes) is 5. The lowest BCUT2D eigenvalue weighted by molar-refractivity contribution is -0.156. The number of nitrogens with zero attached hydrogens (tertiary/aromatic N) is 1. The lowest BCUT2D eigenvalue weighted by Crippen LogP contribution is -2.49. The van der Waals surface area contributed by atoms with Gasteiger partial charge in [-0.15, -0.1) is 0 Å². The monoisotopic (exact) mass is 894 g/mol. The molecule has 8 heteroatoms. The number of hydrogen-bond acceptors (Lipinski definition) is 5. The summed E-state index contributed by atoms with van der Waals surface area (Å²) in [5, 5.41) is 3.25. The third-order valence-corrected chi connectivity index (χ3v) is 14.0. The maximum atomic E-state index is 14.8. The summed E-state index contributed by atoms with van der Waals surface area (Å²) in [7, 11) is 1.73. The van der Waals surface area contributed by atoms with E-state index in [0.717, 1.165) is 72.8 Å². The van der Waals surface area contributed by atoms with E-state index in [4.69, 9.17) is 21.1 Å². The van der Waals surface area contributed by atoms with Crippen molar-refractivity contribution in [3.8, 4) is 11.1 Å². The molecule has 65 heavy (non-hydrogen) atoms. The summed E-state index contributed by atoms with van der Waals surface area (Å²) in [6.07, 6.45) is 16.4. The summed E-state index contributed by atoms with van der Waals surface area (Å²) in [5.41, 5.74) is 6.24. The second-order valence-corrected chi connectivity index (χ2v) is 18.5. The molecule has 1 saturated carbocycles. The van der Waals surface area contributed by atoms with E-state index in [-0.39, 0.29) is 18.4 Å². The Bertz CT molecular complexity index is 2260. The fourth-order valence-electron chi connectivity index (χ4n) is 10.1. The molecular weight excluding hydrogens is 828 g/mol. The average molecular weight is 896 g/mol. The van der Waals surface area contributed by atoms with Crippen LogP contribution in [0.4, 0.5) is 4.79 Å². The van der Waals surface area contributed by atoms with E-state index in [0.29, 0.717) is 28.6 Å². The zero-order valence-corrected chi connectivity index (χ0v) is 39.2. The Morgan fingerprint density at radius 2 is 1.23 bits per heavy atom. The molecule has 0 radical (unpaired) electrons. The summed E-state index contributed by atoms with van der Waals surface area (Å²) >= 11 is 7.09. The van der Waals surface area contributed by atoms with Crippen LogP contribution in [0.5, 0.6) is 0 Å². The van der Waals surface area contributed by atoms with Crippen LogP contribution in [-0.4, -0.2) is 49.1 Å². The highest BCUT2D eigenvalue weighted by molar-refractivity contribution is 6.31. The number of alkyl carbamates (subject to hydrolysis) is 1. The highest BCUT2D eigenvalue weighted by Gasteiger charge is 2.43. The molecule has 2 aliphatic carbocycles. The van der Waals surface area contributed by atoms with E-state index in [1.165, 1.54) is 56.9 Å². The van der Waals surface area contributed by atoms with Gasteiger partial charge in [0.15, 0.2) is 5.60 Å². The Morgan fingerprint density at radius 1 is 0.677 bits per heavy atom. The predicted octanol–water partition coefficient (Wildman–Crippen LogP) is 13.9. The third-order valence-electron chi connectivity index (χ3n) is 13.6. The van der Waals surface area contributed by atoms with Gasteiger partial charge in [-0.3, -0.25) is 9.59 Å². The summed E-state index contributed by atoms with van der Waals surface area (Å²) in [4.78, 5) is 44.7. The van der Waals surface area contributed by atoms with Gasteiger partial charge >= 0.3 is 12.1 Å². The number of likely N-dealkylation sites (N-methyl/N-ethyl adjacent to an activating group) is 1. The SMILES string of the molecule is CCCCCCCCN(C)C(=O)[C@H](CC(=O)OC(c1ccccc1)(c1ccc(C2CCCCCCCCC2)cc1)c1ccccc1Cl)NC(=O)OCC1c2ccccc2-c2ccccc21. The molecular formula is C57H67ClN2O5. The number of hydrogen-bond donors (Lipinski definition) is 1. The number of fused-ring (bicyclic) bond motifs is 3. The number of amides is 2. The quantitative estimate of drug-likeness (QED) is 0.0538. The molecule has 0 saturated heterocycles. The number of carbonyl (C=O) groups excluding carboxylic acids is 3. The highest BCUT2D eigenvalue weighted by Crippen LogP contribution is 2.46. The standard InChI is InChI=1S/C57H67ClN2O5/c1-3-4-5-6-12-24-39-60(2)55(62)53(59-56(63)64-41-50-48-31-20-18-29-46(48)47-30-19-21-32-49(47)50)40-54(61)65-57(44-27-16-13-17-28-44,51-33-22-23-34-52(51)58)45-37-35-43(36-38-45)42-25-14-10-8-7-9-11-15-26-42/h13,16-23,27-38,42,50,53H,3-12,14-15,24-26,39-41H2,1-2H3,(H,59,63)/t53-,57?/m0/s1. The van der Waals surface area contributed by atoms with Gasteiger partial charge in [-0.05, 0) is 59.1 Å². The first kappa shape index (κ1) is 47.6. The normalized spacial score (nSPS) is 15.7. The van der Waals surface area contributed by atoms with Gasteiger partial charge in [-0.2, -0.15) is 0 Å². The van der Waals surface area contributed by atoms with Crippen molar-refractivity contribution in [2.75, 3.05) is 20.2 Å². The number of benzene rings is 5. The summed E-state index contributed by atoms with van der Waals surface area (Å²) < 4.78 is 12.8. The van der Waals surface area contributed by atoms with Crippen molar-refractivity contribution in [2.24, 2.45) is 0 Å². The first-order valence-corrected chi connectivity index (χ1v) is 24.7. The smallest absolute Gasteiger partial charge is 0.407 e. The summed E-state index contributed by atoms with van der Waals surface area (Å²) in [6.45, 7) is 2.75. The van der Waals surface area contributed by atoms with Crippen LogP contribution in [0.2, 0.25) is 5.02 Å². The molecule has 342 valence electrons. The topological polar surface area (TPSA) is 84.9 Å². The van der Waals surface area contributed by atoms with Crippen molar-refractivity contribution < 1.29 is 23.9 Å². The second kappa shape index (κ2) is 23.7. The Kier molecular flexibility index (Phi) is 17.3. The molecule has 5 aromatic rings. The van der Waals surface area contributed by atoms with E-state index in [1.54, 1.807) is 18.0 Å². The second-order valence-electron chi connectivity index (χ2n) is 18.1. The Hall–Kier alpha value is -5.40. The minimum Gasteiger partial charge on any atom is -0.449 e. The fraction of sp³-hybridized carbons (Fsp3) is 0.421. The van der Waals surface area contributed by atoms with Gasteiger partial charge in [-0.25, -0.2) is 4.79 Å². The highest BCUT2D eigenvalue weighted by atomic mass is 35.5. The molecule has 5 aromatic carbocycles. The first-order valence-electron chi connectivity index (χ1n) is 24.3. The molecule has 1 fully saturated rings. The largest absolute Gasteiger partial charge is 0.449 e.